The second-order valence-electron chi connectivity index (χ2n) is 16.7. The Morgan fingerprint density at radius 1 is 0.545 bits per heavy atom. The van der Waals surface area contributed by atoms with Gasteiger partial charge in [0.25, 0.3) is 0 Å². The fourth-order valence-corrected chi connectivity index (χ4v) is 11.1. The van der Waals surface area contributed by atoms with Crippen molar-refractivity contribution < 1.29 is 0 Å². The van der Waals surface area contributed by atoms with Crippen LogP contribution in [0.5, 0.6) is 0 Å². The molecule has 1 aliphatic carbocycles. The Morgan fingerprint density at radius 2 is 1.11 bits per heavy atom. The van der Waals surface area contributed by atoms with E-state index in [-0.39, 0.29) is 11.6 Å². The summed E-state index contributed by atoms with van der Waals surface area (Å²) < 4.78 is 2.39. The molecule has 7 aromatic rings. The number of imidazole rings is 1. The molecule has 55 heavy (non-hydrogen) atoms. The summed E-state index contributed by atoms with van der Waals surface area (Å²) in [5, 5.41) is 0. The zero-order chi connectivity index (χ0) is 36.7. The molecule has 5 aliphatic rings. The maximum Gasteiger partial charge on any atom is 0.144 e. The van der Waals surface area contributed by atoms with Gasteiger partial charge in [-0.2, -0.15) is 0 Å². The van der Waals surface area contributed by atoms with Crippen LogP contribution in [-0.2, 0) is 5.41 Å². The van der Waals surface area contributed by atoms with Gasteiger partial charge in [0.15, 0.2) is 0 Å². The maximum atomic E-state index is 5.18. The van der Waals surface area contributed by atoms with Crippen LogP contribution in [0.25, 0.3) is 50.7 Å². The predicted molar refractivity (Wildman–Crippen MR) is 226 cm³/mol. The van der Waals surface area contributed by atoms with Gasteiger partial charge in [0.2, 0.25) is 0 Å². The Hall–Kier alpha value is -6.13. The zero-order valence-electron chi connectivity index (χ0n) is 31.7. The number of fused-ring (bicyclic) bond motifs is 12. The molecule has 266 valence electrons. The summed E-state index contributed by atoms with van der Waals surface area (Å²) >= 11 is 0. The van der Waals surface area contributed by atoms with E-state index in [0.717, 1.165) is 12.2 Å². The van der Waals surface area contributed by atoms with E-state index in [1.807, 2.05) is 6.20 Å². The molecule has 1 aromatic heterocycles. The minimum Gasteiger partial charge on any atom is -0.316 e. The van der Waals surface area contributed by atoms with Crippen molar-refractivity contribution >= 4 is 22.8 Å². The van der Waals surface area contributed by atoms with Crippen LogP contribution in [-0.4, -0.2) is 15.7 Å². The lowest BCUT2D eigenvalue weighted by atomic mass is 9.82. The third-order valence-corrected chi connectivity index (χ3v) is 13.3. The van der Waals surface area contributed by atoms with Crippen LogP contribution in [0.15, 0.2) is 146 Å². The lowest BCUT2D eigenvalue weighted by molar-refractivity contribution is 0.552. The molecule has 6 aromatic carbocycles. The molecule has 12 rings (SSSR count). The van der Waals surface area contributed by atoms with Crippen molar-refractivity contribution in [2.24, 2.45) is 0 Å². The summed E-state index contributed by atoms with van der Waals surface area (Å²) in [4.78, 5) is 10.7. The molecule has 3 unspecified atom stereocenters. The third kappa shape index (κ3) is 3.89. The molecule has 0 N–H and O–H groups in total. The third-order valence-electron chi connectivity index (χ3n) is 13.3. The lowest BCUT2D eigenvalue weighted by Crippen LogP contribution is -2.46. The van der Waals surface area contributed by atoms with Crippen molar-refractivity contribution in [3.63, 3.8) is 0 Å². The van der Waals surface area contributed by atoms with Crippen LogP contribution in [0.3, 0.4) is 0 Å². The number of nitrogens with zero attached hydrogens (tertiary/aromatic N) is 4. The summed E-state index contributed by atoms with van der Waals surface area (Å²) in [5.41, 5.74) is 21.3. The van der Waals surface area contributed by atoms with Gasteiger partial charge in [-0.05, 0) is 63.6 Å². The first-order valence-corrected chi connectivity index (χ1v) is 20.0. The summed E-state index contributed by atoms with van der Waals surface area (Å²) in [7, 11) is 0. The summed E-state index contributed by atoms with van der Waals surface area (Å²) in [6.07, 6.45) is 5.35. The van der Waals surface area contributed by atoms with Crippen LogP contribution in [0.4, 0.5) is 11.4 Å². The van der Waals surface area contributed by atoms with Crippen molar-refractivity contribution in [2.45, 2.75) is 63.5 Å². The number of rotatable bonds is 5. The molecule has 1 saturated carbocycles. The Morgan fingerprint density at radius 3 is 1.82 bits per heavy atom. The van der Waals surface area contributed by atoms with E-state index in [1.165, 1.54) is 89.7 Å². The molecule has 0 amide bonds. The van der Waals surface area contributed by atoms with E-state index in [2.05, 4.69) is 182 Å². The summed E-state index contributed by atoms with van der Waals surface area (Å²) in [5.74, 6) is 2.09. The van der Waals surface area contributed by atoms with Crippen molar-refractivity contribution in [1.29, 1.82) is 0 Å². The molecule has 0 bridgehead atoms. The van der Waals surface area contributed by atoms with E-state index in [4.69, 9.17) is 4.98 Å². The fourth-order valence-electron chi connectivity index (χ4n) is 11.1. The molecule has 1 fully saturated rings. The van der Waals surface area contributed by atoms with E-state index in [9.17, 15) is 0 Å². The molecule has 0 radical (unpaired) electrons. The summed E-state index contributed by atoms with van der Waals surface area (Å²) in [6.45, 7) is 9.22. The van der Waals surface area contributed by atoms with E-state index in [0.29, 0.717) is 17.8 Å². The smallest absolute Gasteiger partial charge is 0.144 e. The maximum absolute atomic E-state index is 5.18. The number of hydrogen-bond donors (Lipinski definition) is 0. The Kier molecular flexibility index (Phi) is 6.24. The average molecular weight is 711 g/mol. The van der Waals surface area contributed by atoms with Crippen LogP contribution in [0.1, 0.15) is 85.3 Å². The molecule has 4 aliphatic heterocycles. The highest BCUT2D eigenvalue weighted by molar-refractivity contribution is 6.19. The first-order chi connectivity index (χ1) is 27.0. The highest BCUT2D eigenvalue weighted by atomic mass is 15.5. The van der Waals surface area contributed by atoms with Crippen LogP contribution in [0, 0.1) is 0 Å². The molecule has 0 saturated heterocycles. The van der Waals surface area contributed by atoms with E-state index >= 15 is 0 Å². The first kappa shape index (κ1) is 31.2. The second-order valence-corrected chi connectivity index (χ2v) is 16.7. The predicted octanol–water partition coefficient (Wildman–Crippen LogP) is 12.4. The van der Waals surface area contributed by atoms with Crippen LogP contribution >= 0.6 is 0 Å². The molecule has 5 heterocycles. The highest BCUT2D eigenvalue weighted by Gasteiger charge is 2.72. The summed E-state index contributed by atoms with van der Waals surface area (Å²) in [6, 6.07) is 50.4. The van der Waals surface area contributed by atoms with Gasteiger partial charge in [-0.25, -0.2) is 4.98 Å². The van der Waals surface area contributed by atoms with Crippen molar-refractivity contribution in [3.8, 4) is 39.3 Å². The SMILES string of the molecule is CC(C)c1cccc(C(C)C)c1-n1ccnc1-c1ccccc1C1CC12c1cccc3c1N1C(=C4c5ccccc5-c5ccccc5N4C12)c1ccccc1-3. The van der Waals surface area contributed by atoms with Gasteiger partial charge in [0, 0.05) is 45.6 Å². The van der Waals surface area contributed by atoms with E-state index < -0.39 is 0 Å². The molecule has 1 spiro atoms. The van der Waals surface area contributed by atoms with Gasteiger partial charge in [-0.3, -0.25) is 4.57 Å². The lowest BCUT2D eigenvalue weighted by Gasteiger charge is -2.39. The molecule has 3 atom stereocenters. The second kappa shape index (κ2) is 11.0. The van der Waals surface area contributed by atoms with Gasteiger partial charge in [0.05, 0.1) is 28.5 Å². The van der Waals surface area contributed by atoms with Gasteiger partial charge in [0.1, 0.15) is 12.0 Å². The zero-order valence-corrected chi connectivity index (χ0v) is 31.7. The van der Waals surface area contributed by atoms with Gasteiger partial charge in [-0.15, -0.1) is 0 Å². The minimum absolute atomic E-state index is 0.100. The Balaban J connectivity index is 1.09. The number of hydrogen-bond acceptors (Lipinski definition) is 3. The normalized spacial score (nSPS) is 20.5. The van der Waals surface area contributed by atoms with Gasteiger partial charge < -0.3 is 9.80 Å². The van der Waals surface area contributed by atoms with E-state index in [1.54, 1.807) is 0 Å². The fraction of sp³-hybridized carbons (Fsp3) is 0.196. The van der Waals surface area contributed by atoms with Crippen LogP contribution < -0.4 is 9.80 Å². The topological polar surface area (TPSA) is 24.3 Å². The quantitative estimate of drug-likeness (QED) is 0.178. The highest BCUT2D eigenvalue weighted by Crippen LogP contribution is 2.76. The molecular weight excluding hydrogens is 669 g/mol. The molecule has 4 nitrogen and oxygen atoms in total. The van der Waals surface area contributed by atoms with Crippen molar-refractivity contribution in [2.75, 3.05) is 9.80 Å². The largest absolute Gasteiger partial charge is 0.316 e. The van der Waals surface area contributed by atoms with Crippen molar-refractivity contribution in [3.05, 3.63) is 179 Å². The standard InChI is InChI=1S/C51H42N4/c1-30(2)32-22-13-23-33(31(3)4)45(32)53-28-27-52-49(53)41-21-10-7-17-36(41)43-29-51(43)42-25-14-24-38-35-16-6-9-20-40(35)48-47-39-19-8-5-15-34(39)37-18-11-12-26-44(37)54(47)50(51)55(48)46(38)42/h5-28,30-31,43,50H,29H2,1-4H3. The Labute approximate surface area is 323 Å². The first-order valence-electron chi connectivity index (χ1n) is 20.0. The number of benzene rings is 6. The minimum atomic E-state index is -0.133. The Bertz CT molecular complexity index is 2760. The number of para-hydroxylation sites is 3. The number of anilines is 2. The monoisotopic (exact) mass is 710 g/mol. The molecular formula is C51H42N4. The average Bonchev–Trinajstić information content (AvgIpc) is 3.46. The van der Waals surface area contributed by atoms with Gasteiger partial charge >= 0.3 is 0 Å². The number of aromatic nitrogens is 2. The van der Waals surface area contributed by atoms with Crippen molar-refractivity contribution in [1.82, 2.24) is 9.55 Å². The van der Waals surface area contributed by atoms with Gasteiger partial charge in [-0.1, -0.05) is 155 Å². The molecule has 4 heteroatoms. The van der Waals surface area contributed by atoms with Crippen LogP contribution in [0.2, 0.25) is 0 Å².